The van der Waals surface area contributed by atoms with E-state index in [-0.39, 0.29) is 11.4 Å². The van der Waals surface area contributed by atoms with E-state index in [9.17, 15) is 4.79 Å². The predicted octanol–water partition coefficient (Wildman–Crippen LogP) is 0.205. The highest BCUT2D eigenvalue weighted by molar-refractivity contribution is 5.82. The van der Waals surface area contributed by atoms with Gasteiger partial charge in [0.25, 0.3) is 0 Å². The van der Waals surface area contributed by atoms with Crippen LogP contribution in [0.25, 0.3) is 0 Å². The van der Waals surface area contributed by atoms with E-state index in [4.69, 9.17) is 0 Å². The molecule has 2 heteroatoms. The summed E-state index contributed by atoms with van der Waals surface area (Å²) in [5.41, 5.74) is 0.0666. The molecular formula is C6H7NO. The Morgan fingerprint density at radius 1 is 1.62 bits per heavy atom. The van der Waals surface area contributed by atoms with Crippen molar-refractivity contribution in [2.24, 2.45) is 0 Å². The lowest BCUT2D eigenvalue weighted by atomic mass is 10.2. The van der Waals surface area contributed by atoms with Gasteiger partial charge in [0.15, 0.2) is 0 Å². The molecule has 1 amide bonds. The first kappa shape index (κ1) is 4.13. The molecule has 1 saturated heterocycles. The Bertz CT molecular complexity index is 165. The van der Waals surface area contributed by atoms with E-state index in [1.807, 2.05) is 12.2 Å². The van der Waals surface area contributed by atoms with Crippen LogP contribution in [-0.2, 0) is 4.79 Å². The van der Waals surface area contributed by atoms with Gasteiger partial charge < -0.3 is 5.32 Å². The molecule has 1 aliphatic heterocycles. The Hall–Kier alpha value is -0.790. The van der Waals surface area contributed by atoms with E-state index < -0.39 is 0 Å². The topological polar surface area (TPSA) is 29.1 Å². The van der Waals surface area contributed by atoms with E-state index in [0.717, 1.165) is 6.42 Å². The van der Waals surface area contributed by atoms with E-state index >= 15 is 0 Å². The Balaban J connectivity index is 2.14. The van der Waals surface area contributed by atoms with E-state index in [0.29, 0.717) is 6.42 Å². The molecule has 1 N–H and O–H groups in total. The summed E-state index contributed by atoms with van der Waals surface area (Å²) in [4.78, 5) is 10.5. The molecule has 0 aromatic rings. The maximum atomic E-state index is 10.5. The van der Waals surface area contributed by atoms with Gasteiger partial charge in [-0.05, 0) is 6.42 Å². The van der Waals surface area contributed by atoms with Crippen LogP contribution in [0.1, 0.15) is 12.8 Å². The number of carbonyl (C=O) groups is 1. The van der Waals surface area contributed by atoms with Crippen molar-refractivity contribution in [1.29, 1.82) is 0 Å². The molecule has 0 saturated carbocycles. The number of carbonyl (C=O) groups excluding carboxylic acids is 1. The standard InChI is InChI=1S/C6H7NO/c8-5-1-2-6(7-5)3-4-6/h3-4H,1-2H2,(H,7,8). The van der Waals surface area contributed by atoms with Crippen molar-refractivity contribution in [3.8, 4) is 0 Å². The van der Waals surface area contributed by atoms with Gasteiger partial charge in [-0.25, -0.2) is 0 Å². The summed E-state index contributed by atoms with van der Waals surface area (Å²) in [6, 6.07) is 0. The molecule has 2 rings (SSSR count). The van der Waals surface area contributed by atoms with Crippen LogP contribution < -0.4 is 5.32 Å². The van der Waals surface area contributed by atoms with Crippen molar-refractivity contribution < 1.29 is 4.79 Å². The van der Waals surface area contributed by atoms with Gasteiger partial charge in [-0.3, -0.25) is 4.79 Å². The van der Waals surface area contributed by atoms with Crippen molar-refractivity contribution in [2.45, 2.75) is 18.4 Å². The van der Waals surface area contributed by atoms with Crippen molar-refractivity contribution in [3.05, 3.63) is 12.2 Å². The van der Waals surface area contributed by atoms with Crippen molar-refractivity contribution >= 4 is 5.91 Å². The fourth-order valence-electron chi connectivity index (χ4n) is 1.06. The van der Waals surface area contributed by atoms with Crippen LogP contribution in [0, 0.1) is 0 Å². The molecule has 2 nitrogen and oxygen atoms in total. The second-order valence-corrected chi connectivity index (χ2v) is 2.42. The number of rotatable bonds is 0. The van der Waals surface area contributed by atoms with Gasteiger partial charge in [-0.15, -0.1) is 0 Å². The summed E-state index contributed by atoms with van der Waals surface area (Å²) < 4.78 is 0. The smallest absolute Gasteiger partial charge is 0.221 e. The maximum absolute atomic E-state index is 10.5. The van der Waals surface area contributed by atoms with Crippen LogP contribution in [0.15, 0.2) is 12.2 Å². The van der Waals surface area contributed by atoms with E-state index in [2.05, 4.69) is 5.32 Å². The van der Waals surface area contributed by atoms with Gasteiger partial charge in [-0.1, -0.05) is 12.2 Å². The first-order valence-electron chi connectivity index (χ1n) is 2.82. The van der Waals surface area contributed by atoms with E-state index in [1.54, 1.807) is 0 Å². The summed E-state index contributed by atoms with van der Waals surface area (Å²) in [6.45, 7) is 0. The normalized spacial score (nSPS) is 28.8. The van der Waals surface area contributed by atoms with Crippen molar-refractivity contribution in [2.75, 3.05) is 0 Å². The minimum Gasteiger partial charge on any atom is -0.344 e. The summed E-state index contributed by atoms with van der Waals surface area (Å²) >= 11 is 0. The zero-order chi connectivity index (χ0) is 5.61. The molecular weight excluding hydrogens is 102 g/mol. The van der Waals surface area contributed by atoms with Gasteiger partial charge >= 0.3 is 0 Å². The molecule has 1 aliphatic carbocycles. The van der Waals surface area contributed by atoms with Crippen LogP contribution in [-0.4, -0.2) is 11.4 Å². The van der Waals surface area contributed by atoms with Gasteiger partial charge in [0.05, 0.1) is 5.54 Å². The maximum Gasteiger partial charge on any atom is 0.221 e. The minimum atomic E-state index is 0.0666. The largest absolute Gasteiger partial charge is 0.344 e. The highest BCUT2D eigenvalue weighted by atomic mass is 16.2. The zero-order valence-electron chi connectivity index (χ0n) is 4.48. The number of hydrogen-bond acceptors (Lipinski definition) is 1. The summed E-state index contributed by atoms with van der Waals surface area (Å²) in [6.07, 6.45) is 5.76. The SMILES string of the molecule is O=C1CCC2(C=C2)N1. The molecule has 1 spiro atoms. The lowest BCUT2D eigenvalue weighted by molar-refractivity contribution is -0.119. The Kier molecular flexibility index (Phi) is 0.498. The Labute approximate surface area is 47.6 Å². The first-order valence-corrected chi connectivity index (χ1v) is 2.82. The fraction of sp³-hybridized carbons (Fsp3) is 0.500. The highest BCUT2D eigenvalue weighted by Crippen LogP contribution is 2.32. The summed E-state index contributed by atoms with van der Waals surface area (Å²) in [7, 11) is 0. The zero-order valence-corrected chi connectivity index (χ0v) is 4.48. The molecule has 0 aromatic heterocycles. The van der Waals surface area contributed by atoms with E-state index in [1.165, 1.54) is 0 Å². The lowest BCUT2D eigenvalue weighted by Crippen LogP contribution is -2.28. The van der Waals surface area contributed by atoms with Crippen molar-refractivity contribution in [1.82, 2.24) is 5.32 Å². The lowest BCUT2D eigenvalue weighted by Gasteiger charge is -2.02. The van der Waals surface area contributed by atoms with Gasteiger partial charge in [-0.2, -0.15) is 0 Å². The first-order chi connectivity index (χ1) is 3.81. The average Bonchev–Trinajstić information content (AvgIpc) is 2.34. The Morgan fingerprint density at radius 2 is 2.38 bits per heavy atom. The average molecular weight is 109 g/mol. The monoisotopic (exact) mass is 109 g/mol. The van der Waals surface area contributed by atoms with Crippen LogP contribution in [0.2, 0.25) is 0 Å². The second kappa shape index (κ2) is 0.966. The fourth-order valence-corrected chi connectivity index (χ4v) is 1.06. The Morgan fingerprint density at radius 3 is 2.62 bits per heavy atom. The highest BCUT2D eigenvalue weighted by Gasteiger charge is 2.40. The van der Waals surface area contributed by atoms with Crippen molar-refractivity contribution in [3.63, 3.8) is 0 Å². The molecule has 0 unspecified atom stereocenters. The van der Waals surface area contributed by atoms with Gasteiger partial charge in [0.1, 0.15) is 0 Å². The third-order valence-corrected chi connectivity index (χ3v) is 1.71. The number of hydrogen-bond donors (Lipinski definition) is 1. The van der Waals surface area contributed by atoms with Gasteiger partial charge in [0.2, 0.25) is 5.91 Å². The molecule has 0 bridgehead atoms. The molecule has 0 aromatic carbocycles. The van der Waals surface area contributed by atoms with Crippen LogP contribution in [0.5, 0.6) is 0 Å². The third kappa shape index (κ3) is 0.399. The molecule has 0 atom stereocenters. The predicted molar refractivity (Wildman–Crippen MR) is 29.2 cm³/mol. The molecule has 8 heavy (non-hydrogen) atoms. The van der Waals surface area contributed by atoms with Crippen LogP contribution >= 0.6 is 0 Å². The molecule has 0 radical (unpaired) electrons. The quantitative estimate of drug-likeness (QED) is 0.442. The van der Waals surface area contributed by atoms with Crippen LogP contribution in [0.3, 0.4) is 0 Å². The molecule has 1 fully saturated rings. The van der Waals surface area contributed by atoms with Crippen LogP contribution in [0.4, 0.5) is 0 Å². The molecule has 42 valence electrons. The summed E-state index contributed by atoms with van der Waals surface area (Å²) in [5, 5.41) is 2.85. The third-order valence-electron chi connectivity index (χ3n) is 1.71. The van der Waals surface area contributed by atoms with Gasteiger partial charge in [0, 0.05) is 6.42 Å². The minimum absolute atomic E-state index is 0.0666. The molecule has 2 aliphatic rings. The second-order valence-electron chi connectivity index (χ2n) is 2.42. The summed E-state index contributed by atoms with van der Waals surface area (Å²) in [5.74, 6) is 0.190. The molecule has 1 heterocycles. The number of amides is 1. The number of nitrogens with one attached hydrogen (secondary N) is 1.